The Morgan fingerprint density at radius 1 is 1.15 bits per heavy atom. The fraction of sp³-hybridized carbons (Fsp3) is 0.364. The molecule has 0 saturated heterocycles. The van der Waals surface area contributed by atoms with E-state index in [9.17, 15) is 4.79 Å². The molecule has 3 aromatic rings. The summed E-state index contributed by atoms with van der Waals surface area (Å²) in [5, 5.41) is 11.6. The lowest BCUT2D eigenvalue weighted by Gasteiger charge is -2.40. The Morgan fingerprint density at radius 2 is 1.93 bits per heavy atom. The number of aromatic nitrogens is 2. The number of carbonyl (C=O) groups is 1. The number of nitrogens with one attached hydrogen (secondary N) is 2. The van der Waals surface area contributed by atoms with E-state index >= 15 is 0 Å². The zero-order valence-electron chi connectivity index (χ0n) is 15.2. The summed E-state index contributed by atoms with van der Waals surface area (Å²) in [5.41, 5.74) is 2.71. The van der Waals surface area contributed by atoms with Gasteiger partial charge in [-0.25, -0.2) is 0 Å². The van der Waals surface area contributed by atoms with Gasteiger partial charge in [0.05, 0.1) is 23.7 Å². The lowest BCUT2D eigenvalue weighted by Crippen LogP contribution is -2.43. The van der Waals surface area contributed by atoms with Gasteiger partial charge >= 0.3 is 0 Å². The number of fused-ring (bicyclic) bond motifs is 2. The Kier molecular flexibility index (Phi) is 3.88. The molecule has 1 atom stereocenters. The van der Waals surface area contributed by atoms with E-state index in [1.54, 1.807) is 0 Å². The number of carbonyl (C=O) groups excluding carboxylic acids is 1. The van der Waals surface area contributed by atoms with E-state index in [1.165, 1.54) is 12.8 Å². The summed E-state index contributed by atoms with van der Waals surface area (Å²) < 4.78 is 6.39. The molecule has 0 radical (unpaired) electrons. The summed E-state index contributed by atoms with van der Waals surface area (Å²) in [5.74, 6) is 0.933. The molecule has 1 aromatic heterocycles. The van der Waals surface area contributed by atoms with Crippen molar-refractivity contribution in [3.05, 3.63) is 59.8 Å². The van der Waals surface area contributed by atoms with Crippen molar-refractivity contribution in [1.82, 2.24) is 15.5 Å². The lowest BCUT2D eigenvalue weighted by molar-refractivity contribution is -0.121. The van der Waals surface area contributed by atoms with Crippen LogP contribution in [0.15, 0.2) is 48.5 Å². The Labute approximate surface area is 158 Å². The van der Waals surface area contributed by atoms with E-state index in [2.05, 4.69) is 21.6 Å². The van der Waals surface area contributed by atoms with Crippen LogP contribution in [-0.2, 0) is 11.2 Å². The molecule has 0 bridgehead atoms. The zero-order chi connectivity index (χ0) is 18.3. The molecule has 5 heteroatoms. The number of benzene rings is 2. The van der Waals surface area contributed by atoms with Crippen molar-refractivity contribution in [3.8, 4) is 5.75 Å². The van der Waals surface area contributed by atoms with Gasteiger partial charge in [0.25, 0.3) is 0 Å². The van der Waals surface area contributed by atoms with Gasteiger partial charge in [-0.3, -0.25) is 9.89 Å². The van der Waals surface area contributed by atoms with Crippen molar-refractivity contribution in [2.45, 2.75) is 50.2 Å². The van der Waals surface area contributed by atoms with E-state index in [0.717, 1.165) is 47.2 Å². The number of rotatable bonds is 3. The first-order valence-corrected chi connectivity index (χ1v) is 9.72. The third kappa shape index (κ3) is 2.97. The Balaban J connectivity index is 1.38. The lowest BCUT2D eigenvalue weighted by atomic mass is 9.86. The van der Waals surface area contributed by atoms with Crippen molar-refractivity contribution in [1.29, 1.82) is 0 Å². The average molecular weight is 361 g/mol. The third-order valence-electron chi connectivity index (χ3n) is 5.92. The molecule has 1 saturated carbocycles. The van der Waals surface area contributed by atoms with E-state index < -0.39 is 0 Å². The minimum Gasteiger partial charge on any atom is -0.487 e. The fourth-order valence-electron chi connectivity index (χ4n) is 4.63. The highest BCUT2D eigenvalue weighted by atomic mass is 16.5. The molecule has 1 aliphatic carbocycles. The largest absolute Gasteiger partial charge is 0.487 e. The van der Waals surface area contributed by atoms with Crippen LogP contribution in [0.1, 0.15) is 49.4 Å². The van der Waals surface area contributed by atoms with Gasteiger partial charge in [-0.05, 0) is 37.8 Å². The second-order valence-electron chi connectivity index (χ2n) is 7.75. The summed E-state index contributed by atoms with van der Waals surface area (Å²) in [7, 11) is 0. The van der Waals surface area contributed by atoms with Gasteiger partial charge in [0.2, 0.25) is 5.91 Å². The average Bonchev–Trinajstić information content (AvgIpc) is 3.29. The smallest absolute Gasteiger partial charge is 0.226 e. The number of amides is 1. The van der Waals surface area contributed by atoms with Crippen LogP contribution in [-0.4, -0.2) is 21.7 Å². The van der Waals surface area contributed by atoms with Crippen molar-refractivity contribution < 1.29 is 9.53 Å². The summed E-state index contributed by atoms with van der Waals surface area (Å²) >= 11 is 0. The van der Waals surface area contributed by atoms with E-state index in [1.807, 2.05) is 42.5 Å². The first-order chi connectivity index (χ1) is 13.2. The molecule has 1 aliphatic heterocycles. The molecule has 5 nitrogen and oxygen atoms in total. The van der Waals surface area contributed by atoms with Gasteiger partial charge in [-0.15, -0.1) is 0 Å². The first-order valence-electron chi connectivity index (χ1n) is 9.72. The zero-order valence-corrected chi connectivity index (χ0v) is 15.2. The molecule has 27 heavy (non-hydrogen) atoms. The normalized spacial score (nSPS) is 20.4. The summed E-state index contributed by atoms with van der Waals surface area (Å²) in [6, 6.07) is 16.0. The van der Waals surface area contributed by atoms with Gasteiger partial charge in [0, 0.05) is 17.4 Å². The van der Waals surface area contributed by atoms with Gasteiger partial charge in [-0.1, -0.05) is 36.4 Å². The molecule has 138 valence electrons. The van der Waals surface area contributed by atoms with Crippen LogP contribution in [0.25, 0.3) is 10.9 Å². The van der Waals surface area contributed by atoms with E-state index in [-0.39, 0.29) is 17.6 Å². The number of para-hydroxylation sites is 2. The van der Waals surface area contributed by atoms with Crippen molar-refractivity contribution in [3.63, 3.8) is 0 Å². The van der Waals surface area contributed by atoms with E-state index in [4.69, 9.17) is 4.74 Å². The SMILES string of the molecule is O=C(Cc1[nH]nc2ccccc12)NC1CC2(CCCC2)Oc2ccccc21. The Hall–Kier alpha value is -2.82. The molecule has 2 aliphatic rings. The van der Waals surface area contributed by atoms with Gasteiger partial charge in [0.1, 0.15) is 11.4 Å². The highest BCUT2D eigenvalue weighted by Gasteiger charge is 2.43. The maximum absolute atomic E-state index is 12.8. The number of H-pyrrole nitrogens is 1. The second-order valence-corrected chi connectivity index (χ2v) is 7.75. The maximum Gasteiger partial charge on any atom is 0.226 e. The van der Waals surface area contributed by atoms with Crippen LogP contribution in [0.3, 0.4) is 0 Å². The molecule has 5 rings (SSSR count). The monoisotopic (exact) mass is 361 g/mol. The number of ether oxygens (including phenoxy) is 1. The second kappa shape index (κ2) is 6.41. The molecule has 2 aromatic carbocycles. The van der Waals surface area contributed by atoms with Crippen LogP contribution >= 0.6 is 0 Å². The van der Waals surface area contributed by atoms with Gasteiger partial charge in [-0.2, -0.15) is 5.10 Å². The minimum absolute atomic E-state index is 0.00487. The molecular weight excluding hydrogens is 338 g/mol. The Bertz CT molecular complexity index is 988. The quantitative estimate of drug-likeness (QED) is 0.739. The predicted octanol–water partition coefficient (Wildman–Crippen LogP) is 4.06. The van der Waals surface area contributed by atoms with Crippen molar-refractivity contribution >= 4 is 16.8 Å². The Morgan fingerprint density at radius 3 is 2.81 bits per heavy atom. The molecule has 1 unspecified atom stereocenters. The van der Waals surface area contributed by atoms with Crippen LogP contribution in [0.2, 0.25) is 0 Å². The summed E-state index contributed by atoms with van der Waals surface area (Å²) in [6.07, 6.45) is 5.68. The number of hydrogen-bond donors (Lipinski definition) is 2. The van der Waals surface area contributed by atoms with Crippen molar-refractivity contribution in [2.24, 2.45) is 0 Å². The van der Waals surface area contributed by atoms with Gasteiger partial charge in [0.15, 0.2) is 0 Å². The van der Waals surface area contributed by atoms with Crippen LogP contribution in [0.4, 0.5) is 0 Å². The number of nitrogens with zero attached hydrogens (tertiary/aromatic N) is 1. The summed E-state index contributed by atoms with van der Waals surface area (Å²) in [6.45, 7) is 0. The molecule has 2 N–H and O–H groups in total. The minimum atomic E-state index is -0.118. The topological polar surface area (TPSA) is 67.0 Å². The van der Waals surface area contributed by atoms with Crippen LogP contribution < -0.4 is 10.1 Å². The van der Waals surface area contributed by atoms with Crippen molar-refractivity contribution in [2.75, 3.05) is 0 Å². The third-order valence-corrected chi connectivity index (χ3v) is 5.92. The van der Waals surface area contributed by atoms with Crippen LogP contribution in [0.5, 0.6) is 5.75 Å². The number of hydrogen-bond acceptors (Lipinski definition) is 3. The summed E-state index contributed by atoms with van der Waals surface area (Å²) in [4.78, 5) is 12.8. The number of aromatic amines is 1. The first kappa shape index (κ1) is 16.4. The standard InChI is InChI=1S/C22H23N3O2/c26-21(13-18-15-7-1-3-9-17(15)24-25-18)23-19-14-22(11-5-6-12-22)27-20-10-4-2-8-16(19)20/h1-4,7-10,19H,5-6,11-14H2,(H,23,26)(H,24,25). The maximum atomic E-state index is 12.8. The predicted molar refractivity (Wildman–Crippen MR) is 104 cm³/mol. The highest BCUT2D eigenvalue weighted by Crippen LogP contribution is 2.47. The molecule has 1 amide bonds. The van der Waals surface area contributed by atoms with E-state index in [0.29, 0.717) is 6.42 Å². The molecule has 1 spiro atoms. The highest BCUT2D eigenvalue weighted by molar-refractivity contribution is 5.87. The molecule has 1 fully saturated rings. The molecular formula is C22H23N3O2. The molecule has 2 heterocycles. The fourth-order valence-corrected chi connectivity index (χ4v) is 4.63. The van der Waals surface area contributed by atoms with Gasteiger partial charge < -0.3 is 10.1 Å². The van der Waals surface area contributed by atoms with Crippen LogP contribution in [0, 0.1) is 0 Å².